The van der Waals surface area contributed by atoms with E-state index in [9.17, 15) is 0 Å². The van der Waals surface area contributed by atoms with Crippen molar-refractivity contribution in [2.45, 2.75) is 12.3 Å². The Bertz CT molecular complexity index is 2730. The van der Waals surface area contributed by atoms with Crippen LogP contribution >= 0.6 is 0 Å². The predicted octanol–water partition coefficient (Wildman–Crippen LogP) is 10.4. The van der Waals surface area contributed by atoms with Gasteiger partial charge >= 0.3 is 0 Å². The lowest BCUT2D eigenvalue weighted by Gasteiger charge is -2.32. The zero-order valence-corrected chi connectivity index (χ0v) is 26.5. The van der Waals surface area contributed by atoms with Gasteiger partial charge in [0.25, 0.3) is 0 Å². The van der Waals surface area contributed by atoms with Gasteiger partial charge in [-0.25, -0.2) is 4.99 Å². The Balaban J connectivity index is 1.08. The third kappa shape index (κ3) is 4.66. The first kappa shape index (κ1) is 27.8. The number of aromatic nitrogens is 1. The molecule has 0 bridgehead atoms. The fourth-order valence-corrected chi connectivity index (χ4v) is 7.40. The fraction of sp³-hybridized carbons (Fsp3) is 0.0455. The van der Waals surface area contributed by atoms with Crippen LogP contribution in [0.25, 0.3) is 65.4 Å². The Morgan fingerprint density at radius 3 is 2.02 bits per heavy atom. The number of amidine groups is 1. The van der Waals surface area contributed by atoms with E-state index < -0.39 is 0 Å². The number of furan rings is 1. The Hall–Kier alpha value is -6.30. The molecule has 10 rings (SSSR count). The van der Waals surface area contributed by atoms with Crippen LogP contribution in [0, 0.1) is 0 Å². The Morgan fingerprint density at radius 2 is 1.18 bits per heavy atom. The monoisotopic (exact) mass is 630 g/mol. The summed E-state index contributed by atoms with van der Waals surface area (Å²) in [5.41, 5.74) is 6.84. The van der Waals surface area contributed by atoms with Gasteiger partial charge in [-0.3, -0.25) is 10.3 Å². The number of nitrogens with one attached hydrogen (secondary N) is 2. The van der Waals surface area contributed by atoms with Crippen molar-refractivity contribution in [1.82, 2.24) is 15.6 Å². The maximum absolute atomic E-state index is 6.52. The maximum atomic E-state index is 6.52. The van der Waals surface area contributed by atoms with Crippen LogP contribution in [0.4, 0.5) is 0 Å². The molecule has 0 saturated heterocycles. The predicted molar refractivity (Wildman–Crippen MR) is 201 cm³/mol. The summed E-state index contributed by atoms with van der Waals surface area (Å²) in [5.74, 6) is 0.730. The molecule has 5 heteroatoms. The van der Waals surface area contributed by atoms with Gasteiger partial charge in [0.2, 0.25) is 0 Å². The van der Waals surface area contributed by atoms with E-state index in [1.807, 2.05) is 30.3 Å². The summed E-state index contributed by atoms with van der Waals surface area (Å²) < 4.78 is 6.52. The normalized spacial score (nSPS) is 16.4. The molecule has 2 aromatic heterocycles. The highest BCUT2D eigenvalue weighted by molar-refractivity contribution is 6.21. The first-order valence-corrected chi connectivity index (χ1v) is 16.6. The summed E-state index contributed by atoms with van der Waals surface area (Å²) in [4.78, 5) is 10.0. The first-order chi connectivity index (χ1) is 24.3. The molecule has 3 heterocycles. The van der Waals surface area contributed by atoms with Gasteiger partial charge in [0.1, 0.15) is 29.2 Å². The van der Waals surface area contributed by atoms with E-state index in [1.54, 1.807) is 6.20 Å². The number of hydrogen-bond donors (Lipinski definition) is 2. The van der Waals surface area contributed by atoms with Crippen LogP contribution in [0.3, 0.4) is 0 Å². The SMILES string of the molecule is c1ccc(C2N=C(c3nccc4oc5cc(-c6ccc7c(ccc8ccc9ccccc9c87)c6)ccc5c34)NC(c3ccccc3)N2)cc1. The summed E-state index contributed by atoms with van der Waals surface area (Å²) >= 11 is 0. The second-order valence-electron chi connectivity index (χ2n) is 12.7. The molecule has 0 spiro atoms. The smallest absolute Gasteiger partial charge is 0.151 e. The molecule has 5 nitrogen and oxygen atoms in total. The third-order valence-electron chi connectivity index (χ3n) is 9.78. The van der Waals surface area contributed by atoms with Gasteiger partial charge in [0, 0.05) is 11.6 Å². The van der Waals surface area contributed by atoms with E-state index in [1.165, 1.54) is 32.3 Å². The average molecular weight is 631 g/mol. The van der Waals surface area contributed by atoms with Gasteiger partial charge in [-0.05, 0) is 78.8 Å². The van der Waals surface area contributed by atoms with Crippen molar-refractivity contribution in [3.8, 4) is 11.1 Å². The van der Waals surface area contributed by atoms with Gasteiger partial charge < -0.3 is 9.73 Å². The van der Waals surface area contributed by atoms with Crippen molar-refractivity contribution in [3.05, 3.63) is 175 Å². The van der Waals surface area contributed by atoms with E-state index in [0.29, 0.717) is 0 Å². The van der Waals surface area contributed by atoms with E-state index in [2.05, 4.69) is 132 Å². The lowest BCUT2D eigenvalue weighted by atomic mass is 9.94. The molecular formula is C44H30N4O. The van der Waals surface area contributed by atoms with Crippen molar-refractivity contribution in [3.63, 3.8) is 0 Å². The molecule has 2 atom stereocenters. The summed E-state index contributed by atoms with van der Waals surface area (Å²) in [7, 11) is 0. The molecule has 0 radical (unpaired) electrons. The molecule has 9 aromatic rings. The van der Waals surface area contributed by atoms with E-state index in [0.717, 1.165) is 55.7 Å². The minimum Gasteiger partial charge on any atom is -0.456 e. The summed E-state index contributed by atoms with van der Waals surface area (Å²) in [6.07, 6.45) is 1.41. The zero-order valence-electron chi connectivity index (χ0n) is 26.5. The number of benzene rings is 7. The standard InChI is InChI=1S/C44H30N4O/c1-3-10-29(11-4-1)42-46-43(30-12-5-2-6-13-30)48-44(47-42)41-40-36-22-20-32(26-38(36)49-37(40)23-24-45-41)31-19-21-35-33(25-31)18-17-28-16-15-27-9-7-8-14-34(27)39(28)35/h1-26,42-43,46H,(H,47,48). The topological polar surface area (TPSA) is 62.5 Å². The summed E-state index contributed by atoms with van der Waals surface area (Å²) in [6.45, 7) is 0. The average Bonchev–Trinajstić information content (AvgIpc) is 3.56. The zero-order chi connectivity index (χ0) is 32.3. The number of rotatable bonds is 4. The molecule has 232 valence electrons. The molecule has 49 heavy (non-hydrogen) atoms. The minimum absolute atomic E-state index is 0.149. The first-order valence-electron chi connectivity index (χ1n) is 16.6. The van der Waals surface area contributed by atoms with Crippen LogP contribution in [-0.2, 0) is 0 Å². The maximum Gasteiger partial charge on any atom is 0.151 e. The largest absolute Gasteiger partial charge is 0.456 e. The van der Waals surface area contributed by atoms with E-state index in [4.69, 9.17) is 14.4 Å². The van der Waals surface area contributed by atoms with Crippen LogP contribution in [0.15, 0.2) is 167 Å². The molecule has 2 unspecified atom stereocenters. The molecule has 1 aliphatic rings. The Morgan fingerprint density at radius 1 is 0.510 bits per heavy atom. The van der Waals surface area contributed by atoms with Gasteiger partial charge in [-0.15, -0.1) is 0 Å². The van der Waals surface area contributed by atoms with Gasteiger partial charge in [0.05, 0.1) is 5.39 Å². The van der Waals surface area contributed by atoms with Crippen LogP contribution in [-0.4, -0.2) is 10.8 Å². The molecule has 7 aromatic carbocycles. The molecule has 0 saturated carbocycles. The number of fused-ring (bicyclic) bond motifs is 8. The van der Waals surface area contributed by atoms with Crippen LogP contribution in [0.2, 0.25) is 0 Å². The van der Waals surface area contributed by atoms with E-state index in [-0.39, 0.29) is 12.3 Å². The Kier molecular flexibility index (Phi) is 6.32. The minimum atomic E-state index is -0.243. The van der Waals surface area contributed by atoms with Gasteiger partial charge in [0.15, 0.2) is 5.84 Å². The Labute approximate surface area is 282 Å². The highest BCUT2D eigenvalue weighted by atomic mass is 16.3. The number of nitrogens with zero attached hydrogens (tertiary/aromatic N) is 2. The highest BCUT2D eigenvalue weighted by Crippen LogP contribution is 2.37. The second-order valence-corrected chi connectivity index (χ2v) is 12.7. The van der Waals surface area contributed by atoms with Gasteiger partial charge in [-0.1, -0.05) is 127 Å². The molecule has 1 aliphatic heterocycles. The van der Waals surface area contributed by atoms with Crippen molar-refractivity contribution in [1.29, 1.82) is 0 Å². The molecular weight excluding hydrogens is 601 g/mol. The third-order valence-corrected chi connectivity index (χ3v) is 9.78. The lowest BCUT2D eigenvalue weighted by Crippen LogP contribution is -2.45. The number of aliphatic imine (C=N–C) groups is 1. The molecule has 0 aliphatic carbocycles. The van der Waals surface area contributed by atoms with Gasteiger partial charge in [-0.2, -0.15) is 0 Å². The summed E-state index contributed by atoms with van der Waals surface area (Å²) in [5, 5.41) is 16.8. The molecule has 0 fully saturated rings. The lowest BCUT2D eigenvalue weighted by molar-refractivity contribution is 0.408. The number of hydrogen-bond acceptors (Lipinski definition) is 5. The van der Waals surface area contributed by atoms with E-state index >= 15 is 0 Å². The molecule has 2 N–H and O–H groups in total. The molecule has 0 amide bonds. The van der Waals surface area contributed by atoms with Crippen molar-refractivity contribution in [2.75, 3.05) is 0 Å². The van der Waals surface area contributed by atoms with Crippen LogP contribution in [0.1, 0.15) is 29.2 Å². The number of pyridine rings is 1. The summed E-state index contributed by atoms with van der Waals surface area (Å²) in [6, 6.07) is 53.4. The van der Waals surface area contributed by atoms with Crippen LogP contribution < -0.4 is 10.6 Å². The fourth-order valence-electron chi connectivity index (χ4n) is 7.40. The van der Waals surface area contributed by atoms with Crippen molar-refractivity contribution < 1.29 is 4.42 Å². The van der Waals surface area contributed by atoms with Crippen molar-refractivity contribution in [2.24, 2.45) is 4.99 Å². The van der Waals surface area contributed by atoms with Crippen LogP contribution in [0.5, 0.6) is 0 Å². The quantitative estimate of drug-likeness (QED) is 0.190. The second kappa shape index (κ2) is 11.2. The highest BCUT2D eigenvalue weighted by Gasteiger charge is 2.28. The van der Waals surface area contributed by atoms with Crippen molar-refractivity contribution >= 4 is 60.1 Å².